The molecule has 0 saturated carbocycles. The Kier molecular flexibility index (Phi) is 3.84. The molecule has 4 nitrogen and oxygen atoms in total. The van der Waals surface area contributed by atoms with E-state index in [1.54, 1.807) is 19.1 Å². The lowest BCUT2D eigenvalue weighted by Crippen LogP contribution is -2.01. The van der Waals surface area contributed by atoms with Crippen LogP contribution in [0.2, 0.25) is 0 Å². The van der Waals surface area contributed by atoms with Crippen LogP contribution in [0.5, 0.6) is 11.5 Å². The number of phenols is 2. The molecule has 2 rings (SSSR count). The molecule has 0 fully saturated rings. The number of rotatable bonds is 3. The Labute approximate surface area is 117 Å². The minimum atomic E-state index is -0.605. The van der Waals surface area contributed by atoms with Crippen LogP contribution < -0.4 is 5.63 Å². The normalized spacial score (nSPS) is 13.2. The van der Waals surface area contributed by atoms with Crippen LogP contribution in [0, 0.1) is 12.8 Å². The molecule has 1 atom stereocenters. The zero-order chi connectivity index (χ0) is 14.9. The van der Waals surface area contributed by atoms with Crippen molar-refractivity contribution in [2.75, 3.05) is 0 Å². The molecule has 0 radical (unpaired) electrons. The maximum absolute atomic E-state index is 12.0. The summed E-state index contributed by atoms with van der Waals surface area (Å²) in [6, 6.07) is 3.09. The van der Waals surface area contributed by atoms with Gasteiger partial charge in [-0.05, 0) is 31.1 Å². The van der Waals surface area contributed by atoms with Gasteiger partial charge in [0.25, 0.3) is 0 Å². The van der Waals surface area contributed by atoms with Crippen LogP contribution in [0.4, 0.5) is 0 Å². The highest BCUT2D eigenvalue weighted by atomic mass is 16.4. The Morgan fingerprint density at radius 1 is 1.35 bits per heavy atom. The highest BCUT2D eigenvalue weighted by molar-refractivity contribution is 5.90. The monoisotopic (exact) mass is 274 g/mol. The van der Waals surface area contributed by atoms with Crippen LogP contribution in [-0.2, 0) is 0 Å². The quantitative estimate of drug-likeness (QED) is 0.897. The van der Waals surface area contributed by atoms with Gasteiger partial charge in [-0.2, -0.15) is 0 Å². The Bertz CT molecular complexity index is 725. The summed E-state index contributed by atoms with van der Waals surface area (Å²) in [6.07, 6.45) is 4.69. The first-order valence-corrected chi connectivity index (χ1v) is 6.61. The molecule has 0 bridgehead atoms. The fourth-order valence-corrected chi connectivity index (χ4v) is 1.92. The third-order valence-corrected chi connectivity index (χ3v) is 3.50. The SMILES string of the molecule is CC[C@H](C)/C=C/c1cc2cc(O)c(C)c(O)c2c(=O)o1. The van der Waals surface area contributed by atoms with Gasteiger partial charge in [-0.1, -0.05) is 26.3 Å². The largest absolute Gasteiger partial charge is 0.508 e. The molecule has 0 aliphatic carbocycles. The Morgan fingerprint density at radius 3 is 2.70 bits per heavy atom. The van der Waals surface area contributed by atoms with E-state index in [0.717, 1.165) is 6.42 Å². The van der Waals surface area contributed by atoms with Crippen molar-refractivity contribution < 1.29 is 14.6 Å². The molecule has 4 heteroatoms. The van der Waals surface area contributed by atoms with Crippen LogP contribution in [-0.4, -0.2) is 10.2 Å². The molecule has 0 saturated heterocycles. The molecular weight excluding hydrogens is 256 g/mol. The first-order valence-electron chi connectivity index (χ1n) is 6.61. The van der Waals surface area contributed by atoms with Gasteiger partial charge in [0.2, 0.25) is 0 Å². The molecule has 106 valence electrons. The van der Waals surface area contributed by atoms with Gasteiger partial charge in [-0.15, -0.1) is 0 Å². The fourth-order valence-electron chi connectivity index (χ4n) is 1.92. The molecule has 1 aromatic heterocycles. The van der Waals surface area contributed by atoms with E-state index in [4.69, 9.17) is 4.42 Å². The second-order valence-corrected chi connectivity index (χ2v) is 5.01. The average molecular weight is 274 g/mol. The summed E-state index contributed by atoms with van der Waals surface area (Å²) >= 11 is 0. The zero-order valence-corrected chi connectivity index (χ0v) is 11.8. The summed E-state index contributed by atoms with van der Waals surface area (Å²) in [5, 5.41) is 20.2. The molecule has 1 heterocycles. The Morgan fingerprint density at radius 2 is 2.05 bits per heavy atom. The summed E-state index contributed by atoms with van der Waals surface area (Å²) in [5.74, 6) is 0.518. The minimum Gasteiger partial charge on any atom is -0.508 e. The van der Waals surface area contributed by atoms with Gasteiger partial charge in [0.1, 0.15) is 22.6 Å². The van der Waals surface area contributed by atoms with Crippen molar-refractivity contribution in [2.45, 2.75) is 27.2 Å². The van der Waals surface area contributed by atoms with E-state index < -0.39 is 5.63 Å². The molecular formula is C16H18O4. The van der Waals surface area contributed by atoms with Gasteiger partial charge in [0.15, 0.2) is 0 Å². The second kappa shape index (κ2) is 5.41. The lowest BCUT2D eigenvalue weighted by Gasteiger charge is -2.06. The number of aromatic hydroxyl groups is 2. The highest BCUT2D eigenvalue weighted by Crippen LogP contribution is 2.33. The third kappa shape index (κ3) is 2.54. The molecule has 1 aromatic carbocycles. The summed E-state index contributed by atoms with van der Waals surface area (Å²) in [4.78, 5) is 12.0. The standard InChI is InChI=1S/C16H18O4/c1-4-9(2)5-6-12-7-11-8-13(17)10(3)15(18)14(11)16(19)20-12/h5-9,17-18H,4H2,1-3H3/b6-5+/t9-/m0/s1. The summed E-state index contributed by atoms with van der Waals surface area (Å²) in [5.41, 5.74) is -0.334. The second-order valence-electron chi connectivity index (χ2n) is 5.01. The molecule has 2 N–H and O–H groups in total. The van der Waals surface area contributed by atoms with Gasteiger partial charge in [-0.25, -0.2) is 4.79 Å². The maximum atomic E-state index is 12.0. The first-order chi connectivity index (χ1) is 9.43. The van der Waals surface area contributed by atoms with E-state index in [0.29, 0.717) is 17.1 Å². The average Bonchev–Trinajstić information content (AvgIpc) is 2.41. The lowest BCUT2D eigenvalue weighted by molar-refractivity contribution is 0.444. The summed E-state index contributed by atoms with van der Waals surface area (Å²) in [7, 11) is 0. The topological polar surface area (TPSA) is 70.7 Å². The van der Waals surface area contributed by atoms with Crippen molar-refractivity contribution in [2.24, 2.45) is 5.92 Å². The third-order valence-electron chi connectivity index (χ3n) is 3.50. The van der Waals surface area contributed by atoms with Crippen LogP contribution in [0.1, 0.15) is 31.6 Å². The van der Waals surface area contributed by atoms with Crippen LogP contribution in [0.15, 0.2) is 27.4 Å². The first kappa shape index (κ1) is 14.2. The van der Waals surface area contributed by atoms with Crippen molar-refractivity contribution in [1.29, 1.82) is 0 Å². The maximum Gasteiger partial charge on any atom is 0.347 e. The van der Waals surface area contributed by atoms with E-state index in [1.807, 2.05) is 6.08 Å². The zero-order valence-electron chi connectivity index (χ0n) is 11.8. The highest BCUT2D eigenvalue weighted by Gasteiger charge is 2.13. The van der Waals surface area contributed by atoms with Gasteiger partial charge in [0, 0.05) is 10.9 Å². The number of fused-ring (bicyclic) bond motifs is 1. The van der Waals surface area contributed by atoms with Crippen molar-refractivity contribution in [3.63, 3.8) is 0 Å². The van der Waals surface area contributed by atoms with E-state index in [2.05, 4.69) is 13.8 Å². The summed E-state index contributed by atoms with van der Waals surface area (Å²) < 4.78 is 5.18. The molecule has 0 unspecified atom stereocenters. The Balaban J connectivity index is 2.61. The van der Waals surface area contributed by atoms with Crippen molar-refractivity contribution in [1.82, 2.24) is 0 Å². The number of phenolic OH excluding ortho intramolecular Hbond substituents is 2. The van der Waals surface area contributed by atoms with Crippen molar-refractivity contribution >= 4 is 16.8 Å². The fraction of sp³-hybridized carbons (Fsp3) is 0.312. The number of hydrogen-bond donors (Lipinski definition) is 2. The molecule has 20 heavy (non-hydrogen) atoms. The van der Waals surface area contributed by atoms with E-state index in [1.165, 1.54) is 6.07 Å². The molecule has 2 aromatic rings. The van der Waals surface area contributed by atoms with Crippen LogP contribution in [0.3, 0.4) is 0 Å². The predicted octanol–water partition coefficient (Wildman–Crippen LogP) is 3.57. The van der Waals surface area contributed by atoms with Crippen molar-refractivity contribution in [3.05, 3.63) is 40.0 Å². The number of benzene rings is 1. The molecule has 0 spiro atoms. The molecule has 0 aliphatic rings. The molecule has 0 amide bonds. The van der Waals surface area contributed by atoms with Gasteiger partial charge >= 0.3 is 5.63 Å². The lowest BCUT2D eigenvalue weighted by atomic mass is 10.1. The van der Waals surface area contributed by atoms with E-state index >= 15 is 0 Å². The van der Waals surface area contributed by atoms with Crippen LogP contribution >= 0.6 is 0 Å². The smallest absolute Gasteiger partial charge is 0.347 e. The van der Waals surface area contributed by atoms with Gasteiger partial charge in [-0.3, -0.25) is 0 Å². The van der Waals surface area contributed by atoms with Gasteiger partial charge in [0.05, 0.1) is 0 Å². The summed E-state index contributed by atoms with van der Waals surface area (Å²) in [6.45, 7) is 5.68. The van der Waals surface area contributed by atoms with Crippen molar-refractivity contribution in [3.8, 4) is 11.5 Å². The van der Waals surface area contributed by atoms with Gasteiger partial charge < -0.3 is 14.6 Å². The minimum absolute atomic E-state index is 0.0440. The van der Waals surface area contributed by atoms with Crippen LogP contribution in [0.25, 0.3) is 16.8 Å². The van der Waals surface area contributed by atoms with E-state index in [-0.39, 0.29) is 22.4 Å². The number of allylic oxidation sites excluding steroid dienone is 1. The Hall–Kier alpha value is -2.23. The number of hydrogen-bond acceptors (Lipinski definition) is 4. The van der Waals surface area contributed by atoms with E-state index in [9.17, 15) is 15.0 Å². The predicted molar refractivity (Wildman–Crippen MR) is 79.0 cm³/mol. The molecule has 0 aliphatic heterocycles.